The van der Waals surface area contributed by atoms with Crippen LogP contribution in [0, 0.1) is 0 Å². The highest BCUT2D eigenvalue weighted by atomic mass is 32.1. The fourth-order valence-electron chi connectivity index (χ4n) is 2.88. The molecule has 130 valence electrons. The fraction of sp³-hybridized carbons (Fsp3) is 0.278. The molecular weight excluding hydrogens is 336 g/mol. The van der Waals surface area contributed by atoms with Crippen LogP contribution in [0.15, 0.2) is 53.2 Å². The molecule has 7 heteroatoms. The highest BCUT2D eigenvalue weighted by Gasteiger charge is 2.30. The predicted molar refractivity (Wildman–Crippen MR) is 96.6 cm³/mol. The highest BCUT2D eigenvalue weighted by Crippen LogP contribution is 2.19. The van der Waals surface area contributed by atoms with Crippen molar-refractivity contribution in [3.05, 3.63) is 63.7 Å². The number of amides is 3. The summed E-state index contributed by atoms with van der Waals surface area (Å²) >= 11 is 1.52. The molecule has 1 aliphatic rings. The number of hydrogen-bond donors (Lipinski definition) is 2. The number of rotatable bonds is 5. The Morgan fingerprint density at radius 1 is 1.28 bits per heavy atom. The molecule has 0 radical (unpaired) electrons. The molecule has 2 heterocycles. The second kappa shape index (κ2) is 7.48. The topological polar surface area (TPSA) is 74.3 Å². The molecule has 1 atom stereocenters. The first-order valence-corrected chi connectivity index (χ1v) is 8.92. The average Bonchev–Trinajstić information content (AvgIpc) is 3.07. The standard InChI is InChI=1S/C18H20N4O2S/c1-12-16(13(2)21-18(24)20-12)17(23)22(11-15-19-8-9-25-15)10-14-6-4-3-5-7-14/h3-9,12H,10-11H2,1-2H3,(H2,20,21,24). The lowest BCUT2D eigenvalue weighted by molar-refractivity contribution is -0.128. The maximum atomic E-state index is 13.2. The molecule has 6 nitrogen and oxygen atoms in total. The lowest BCUT2D eigenvalue weighted by atomic mass is 10.0. The molecule has 0 aliphatic carbocycles. The maximum Gasteiger partial charge on any atom is 0.319 e. The van der Waals surface area contributed by atoms with Gasteiger partial charge in [0, 0.05) is 23.8 Å². The zero-order valence-corrected chi connectivity index (χ0v) is 15.0. The van der Waals surface area contributed by atoms with Crippen molar-refractivity contribution < 1.29 is 9.59 Å². The summed E-state index contributed by atoms with van der Waals surface area (Å²) in [6, 6.07) is 9.23. The Bertz CT molecular complexity index is 787. The summed E-state index contributed by atoms with van der Waals surface area (Å²) in [7, 11) is 0. The number of nitrogens with zero attached hydrogens (tertiary/aromatic N) is 2. The average molecular weight is 356 g/mol. The first-order chi connectivity index (χ1) is 12.0. The van der Waals surface area contributed by atoms with E-state index in [0.717, 1.165) is 10.6 Å². The van der Waals surface area contributed by atoms with Crippen LogP contribution in [-0.2, 0) is 17.9 Å². The van der Waals surface area contributed by atoms with Crippen molar-refractivity contribution >= 4 is 23.3 Å². The predicted octanol–water partition coefficient (Wildman–Crippen LogP) is 2.65. The van der Waals surface area contributed by atoms with Gasteiger partial charge in [-0.1, -0.05) is 30.3 Å². The van der Waals surface area contributed by atoms with Gasteiger partial charge in [-0.3, -0.25) is 4.79 Å². The van der Waals surface area contributed by atoms with Gasteiger partial charge in [0.25, 0.3) is 5.91 Å². The molecule has 0 saturated heterocycles. The molecule has 3 amide bonds. The lowest BCUT2D eigenvalue weighted by Crippen LogP contribution is -2.50. The molecule has 2 aromatic rings. The van der Waals surface area contributed by atoms with Gasteiger partial charge in [-0.2, -0.15) is 0 Å². The van der Waals surface area contributed by atoms with Crippen LogP contribution in [-0.4, -0.2) is 27.9 Å². The molecule has 0 fully saturated rings. The number of nitrogens with one attached hydrogen (secondary N) is 2. The number of thiazole rings is 1. The summed E-state index contributed by atoms with van der Waals surface area (Å²) in [5.74, 6) is -0.100. The molecule has 0 saturated carbocycles. The van der Waals surface area contributed by atoms with Crippen LogP contribution in [0.1, 0.15) is 24.4 Å². The molecular formula is C18H20N4O2S. The second-order valence-electron chi connectivity index (χ2n) is 5.93. The molecule has 2 N–H and O–H groups in total. The SMILES string of the molecule is CC1=C(C(=O)N(Cc2ccccc2)Cc2nccs2)C(C)NC(=O)N1. The third-order valence-electron chi connectivity index (χ3n) is 4.03. The van der Waals surface area contributed by atoms with Crippen molar-refractivity contribution in [1.82, 2.24) is 20.5 Å². The molecule has 3 rings (SSSR count). The van der Waals surface area contributed by atoms with E-state index >= 15 is 0 Å². The number of urea groups is 1. The van der Waals surface area contributed by atoms with Crippen LogP contribution in [0.25, 0.3) is 0 Å². The summed E-state index contributed by atoms with van der Waals surface area (Å²) < 4.78 is 0. The van der Waals surface area contributed by atoms with Crippen molar-refractivity contribution in [1.29, 1.82) is 0 Å². The number of allylic oxidation sites excluding steroid dienone is 1. The number of aromatic nitrogens is 1. The number of carbonyl (C=O) groups is 2. The zero-order chi connectivity index (χ0) is 17.8. The van der Waals surface area contributed by atoms with E-state index in [4.69, 9.17) is 0 Å². The van der Waals surface area contributed by atoms with Crippen molar-refractivity contribution in [2.75, 3.05) is 0 Å². The van der Waals surface area contributed by atoms with Crippen LogP contribution in [0.5, 0.6) is 0 Å². The van der Waals surface area contributed by atoms with Crippen LogP contribution in [0.4, 0.5) is 4.79 Å². The Kier molecular flexibility index (Phi) is 5.14. The minimum absolute atomic E-state index is 0.100. The Labute approximate surface area is 150 Å². The summed E-state index contributed by atoms with van der Waals surface area (Å²) in [6.07, 6.45) is 1.74. The largest absolute Gasteiger partial charge is 0.331 e. The summed E-state index contributed by atoms with van der Waals surface area (Å²) in [5, 5.41) is 8.21. The van der Waals surface area contributed by atoms with Crippen LogP contribution >= 0.6 is 11.3 Å². The van der Waals surface area contributed by atoms with Crippen molar-refractivity contribution in [2.24, 2.45) is 0 Å². The van der Waals surface area contributed by atoms with Gasteiger partial charge in [-0.25, -0.2) is 9.78 Å². The quantitative estimate of drug-likeness (QED) is 0.865. The van der Waals surface area contributed by atoms with Gasteiger partial charge in [0.05, 0.1) is 18.2 Å². The Hall–Kier alpha value is -2.67. The molecule has 0 bridgehead atoms. The van der Waals surface area contributed by atoms with Crippen molar-refractivity contribution in [2.45, 2.75) is 33.0 Å². The summed E-state index contributed by atoms with van der Waals surface area (Å²) in [5.41, 5.74) is 2.22. The van der Waals surface area contributed by atoms with Gasteiger partial charge < -0.3 is 15.5 Å². The van der Waals surface area contributed by atoms with Gasteiger partial charge in [0.15, 0.2) is 0 Å². The monoisotopic (exact) mass is 356 g/mol. The second-order valence-corrected chi connectivity index (χ2v) is 6.91. The summed E-state index contributed by atoms with van der Waals surface area (Å²) in [4.78, 5) is 30.9. The van der Waals surface area contributed by atoms with Crippen LogP contribution in [0.2, 0.25) is 0 Å². The molecule has 25 heavy (non-hydrogen) atoms. The van der Waals surface area contributed by atoms with Crippen molar-refractivity contribution in [3.63, 3.8) is 0 Å². The van der Waals surface area contributed by atoms with Gasteiger partial charge in [-0.05, 0) is 19.4 Å². The zero-order valence-electron chi connectivity index (χ0n) is 14.2. The fourth-order valence-corrected chi connectivity index (χ4v) is 3.51. The third-order valence-corrected chi connectivity index (χ3v) is 4.79. The first-order valence-electron chi connectivity index (χ1n) is 8.04. The van der Waals surface area contributed by atoms with E-state index in [1.807, 2.05) is 42.6 Å². The van der Waals surface area contributed by atoms with E-state index in [1.54, 1.807) is 18.0 Å². The Balaban J connectivity index is 1.88. The molecule has 1 aromatic carbocycles. The molecule has 1 aromatic heterocycles. The Morgan fingerprint density at radius 3 is 2.68 bits per heavy atom. The number of hydrogen-bond acceptors (Lipinski definition) is 4. The number of carbonyl (C=O) groups excluding carboxylic acids is 2. The van der Waals surface area contributed by atoms with Gasteiger partial charge in [0.1, 0.15) is 5.01 Å². The maximum absolute atomic E-state index is 13.2. The normalized spacial score (nSPS) is 17.0. The van der Waals surface area contributed by atoms with Gasteiger partial charge >= 0.3 is 6.03 Å². The molecule has 1 unspecified atom stereocenters. The van der Waals surface area contributed by atoms with Crippen molar-refractivity contribution in [3.8, 4) is 0 Å². The number of benzene rings is 1. The van der Waals surface area contributed by atoms with E-state index in [1.165, 1.54) is 11.3 Å². The lowest BCUT2D eigenvalue weighted by Gasteiger charge is -2.30. The van der Waals surface area contributed by atoms with Gasteiger partial charge in [-0.15, -0.1) is 11.3 Å². The third kappa shape index (κ3) is 4.06. The van der Waals surface area contributed by atoms with E-state index in [-0.39, 0.29) is 18.0 Å². The Morgan fingerprint density at radius 2 is 2.04 bits per heavy atom. The first kappa shape index (κ1) is 17.2. The van der Waals surface area contributed by atoms with E-state index in [2.05, 4.69) is 15.6 Å². The van der Waals surface area contributed by atoms with Crippen LogP contribution in [0.3, 0.4) is 0 Å². The summed E-state index contributed by atoms with van der Waals surface area (Å²) in [6.45, 7) is 4.49. The van der Waals surface area contributed by atoms with Gasteiger partial charge in [0.2, 0.25) is 0 Å². The smallest absolute Gasteiger partial charge is 0.319 e. The van der Waals surface area contributed by atoms with E-state index in [9.17, 15) is 9.59 Å². The van der Waals surface area contributed by atoms with Crippen LogP contribution < -0.4 is 10.6 Å². The molecule has 1 aliphatic heterocycles. The molecule has 0 spiro atoms. The minimum Gasteiger partial charge on any atom is -0.331 e. The highest BCUT2D eigenvalue weighted by molar-refractivity contribution is 7.09. The van der Waals surface area contributed by atoms with E-state index < -0.39 is 0 Å². The van der Waals surface area contributed by atoms with E-state index in [0.29, 0.717) is 24.4 Å². The minimum atomic E-state index is -0.337.